The second kappa shape index (κ2) is 10.1. The normalized spacial score (nSPS) is 15.2. The van der Waals surface area contributed by atoms with Crippen molar-refractivity contribution >= 4 is 23.2 Å². The van der Waals surface area contributed by atoms with Crippen LogP contribution >= 0.6 is 0 Å². The first-order chi connectivity index (χ1) is 15.6. The number of nitrogens with one attached hydrogen (secondary N) is 2. The first-order valence-electron chi connectivity index (χ1n) is 10.7. The van der Waals surface area contributed by atoms with Crippen molar-refractivity contribution in [3.63, 3.8) is 0 Å². The lowest BCUT2D eigenvalue weighted by Gasteiger charge is -2.12. The van der Waals surface area contributed by atoms with E-state index in [0.717, 1.165) is 25.0 Å². The van der Waals surface area contributed by atoms with E-state index in [0.29, 0.717) is 34.9 Å². The number of amides is 2. The maximum absolute atomic E-state index is 12.5. The highest BCUT2D eigenvalue weighted by Crippen LogP contribution is 2.19. The summed E-state index contributed by atoms with van der Waals surface area (Å²) in [5.74, 6) is 0.333. The van der Waals surface area contributed by atoms with Crippen LogP contribution in [0.5, 0.6) is 5.75 Å². The molecule has 0 spiro atoms. The Morgan fingerprint density at radius 1 is 0.906 bits per heavy atom. The Morgan fingerprint density at radius 2 is 1.56 bits per heavy atom. The molecule has 2 amide bonds. The Hall–Kier alpha value is -3.64. The molecule has 1 unspecified atom stereocenters. The lowest BCUT2D eigenvalue weighted by molar-refractivity contribution is 0.0679. The van der Waals surface area contributed by atoms with Gasteiger partial charge < -0.3 is 20.1 Å². The number of ether oxygens (including phenoxy) is 2. The van der Waals surface area contributed by atoms with Gasteiger partial charge in [0.15, 0.2) is 0 Å². The molecule has 0 radical (unpaired) electrons. The third kappa shape index (κ3) is 5.53. The monoisotopic (exact) mass is 430 g/mol. The highest BCUT2D eigenvalue weighted by atomic mass is 16.5. The average molecular weight is 431 g/mol. The van der Waals surface area contributed by atoms with E-state index < -0.39 is 0 Å². The summed E-state index contributed by atoms with van der Waals surface area (Å²) in [6, 6.07) is 21.5. The molecule has 1 saturated heterocycles. The van der Waals surface area contributed by atoms with E-state index >= 15 is 0 Å². The molecule has 3 aromatic carbocycles. The first-order valence-corrected chi connectivity index (χ1v) is 10.7. The Bertz CT molecular complexity index is 1070. The zero-order valence-corrected chi connectivity index (χ0v) is 18.0. The summed E-state index contributed by atoms with van der Waals surface area (Å²) < 4.78 is 11.3. The fourth-order valence-corrected chi connectivity index (χ4v) is 3.53. The molecule has 1 fully saturated rings. The third-order valence-electron chi connectivity index (χ3n) is 5.37. The van der Waals surface area contributed by atoms with Gasteiger partial charge in [-0.2, -0.15) is 0 Å². The first kappa shape index (κ1) is 21.6. The SMILES string of the molecule is Cc1ccccc1C(=O)Nc1ccc(NC(=O)c2ccc(OCC3CCCO3)cc2)cc1. The molecule has 0 saturated carbocycles. The van der Waals surface area contributed by atoms with E-state index in [-0.39, 0.29) is 17.9 Å². The molecule has 1 atom stereocenters. The van der Waals surface area contributed by atoms with E-state index in [1.807, 2.05) is 25.1 Å². The number of aryl methyl sites for hydroxylation is 1. The molecule has 0 aliphatic carbocycles. The van der Waals surface area contributed by atoms with Crippen LogP contribution in [0.1, 0.15) is 39.1 Å². The van der Waals surface area contributed by atoms with Crippen molar-refractivity contribution in [1.29, 1.82) is 0 Å². The molecule has 32 heavy (non-hydrogen) atoms. The van der Waals surface area contributed by atoms with Crippen molar-refractivity contribution in [2.45, 2.75) is 25.9 Å². The molecule has 4 rings (SSSR count). The fourth-order valence-electron chi connectivity index (χ4n) is 3.53. The summed E-state index contributed by atoms with van der Waals surface area (Å²) in [6.45, 7) is 3.22. The van der Waals surface area contributed by atoms with Crippen LogP contribution in [0.25, 0.3) is 0 Å². The minimum Gasteiger partial charge on any atom is -0.491 e. The van der Waals surface area contributed by atoms with Crippen LogP contribution in [0, 0.1) is 6.92 Å². The summed E-state index contributed by atoms with van der Waals surface area (Å²) in [7, 11) is 0. The van der Waals surface area contributed by atoms with Crippen LogP contribution in [0.3, 0.4) is 0 Å². The van der Waals surface area contributed by atoms with Gasteiger partial charge >= 0.3 is 0 Å². The minimum atomic E-state index is -0.215. The van der Waals surface area contributed by atoms with Crippen molar-refractivity contribution in [2.75, 3.05) is 23.8 Å². The Kier molecular flexibility index (Phi) is 6.82. The Balaban J connectivity index is 1.30. The van der Waals surface area contributed by atoms with Gasteiger partial charge in [0.25, 0.3) is 11.8 Å². The number of carbonyl (C=O) groups excluding carboxylic acids is 2. The maximum atomic E-state index is 12.5. The molecule has 6 nitrogen and oxygen atoms in total. The van der Waals surface area contributed by atoms with Gasteiger partial charge in [-0.1, -0.05) is 18.2 Å². The Labute approximate surface area is 187 Å². The third-order valence-corrected chi connectivity index (χ3v) is 5.37. The van der Waals surface area contributed by atoms with E-state index in [9.17, 15) is 9.59 Å². The van der Waals surface area contributed by atoms with E-state index in [2.05, 4.69) is 10.6 Å². The van der Waals surface area contributed by atoms with Gasteiger partial charge in [-0.25, -0.2) is 0 Å². The fraction of sp³-hybridized carbons (Fsp3) is 0.231. The minimum absolute atomic E-state index is 0.155. The van der Waals surface area contributed by atoms with Crippen LogP contribution in [-0.2, 0) is 4.74 Å². The molecule has 2 N–H and O–H groups in total. The zero-order chi connectivity index (χ0) is 22.3. The standard InChI is InChI=1S/C26H26N2O4/c1-18-5-2-3-7-24(18)26(30)28-21-12-10-20(11-13-21)27-25(29)19-8-14-22(15-9-19)32-17-23-6-4-16-31-23/h2-3,5,7-15,23H,4,6,16-17H2,1H3,(H,27,29)(H,28,30). The quantitative estimate of drug-likeness (QED) is 0.549. The second-order valence-corrected chi connectivity index (χ2v) is 7.77. The van der Waals surface area contributed by atoms with Gasteiger partial charge in [-0.05, 0) is 79.9 Å². The molecule has 1 aliphatic heterocycles. The van der Waals surface area contributed by atoms with Crippen LogP contribution in [0.4, 0.5) is 11.4 Å². The molecule has 3 aromatic rings. The lowest BCUT2D eigenvalue weighted by atomic mass is 10.1. The molecule has 1 heterocycles. The largest absolute Gasteiger partial charge is 0.491 e. The van der Waals surface area contributed by atoms with E-state index in [4.69, 9.17) is 9.47 Å². The molecule has 0 aromatic heterocycles. The summed E-state index contributed by atoms with van der Waals surface area (Å²) >= 11 is 0. The molecule has 0 bridgehead atoms. The van der Waals surface area contributed by atoms with E-state index in [1.165, 1.54) is 0 Å². The van der Waals surface area contributed by atoms with Crippen LogP contribution in [0.15, 0.2) is 72.8 Å². The number of carbonyl (C=O) groups is 2. The van der Waals surface area contributed by atoms with Crippen molar-refractivity contribution in [2.24, 2.45) is 0 Å². The lowest BCUT2D eigenvalue weighted by Crippen LogP contribution is -2.16. The molecule has 164 valence electrons. The predicted molar refractivity (Wildman–Crippen MR) is 124 cm³/mol. The number of anilines is 2. The maximum Gasteiger partial charge on any atom is 0.255 e. The van der Waals surface area contributed by atoms with E-state index in [1.54, 1.807) is 54.6 Å². The molecule has 1 aliphatic rings. The van der Waals surface area contributed by atoms with Crippen molar-refractivity contribution in [1.82, 2.24) is 0 Å². The second-order valence-electron chi connectivity index (χ2n) is 7.77. The number of hydrogen-bond acceptors (Lipinski definition) is 4. The van der Waals surface area contributed by atoms with Crippen molar-refractivity contribution in [3.05, 3.63) is 89.5 Å². The summed E-state index contributed by atoms with van der Waals surface area (Å²) in [5, 5.41) is 5.74. The molecular weight excluding hydrogens is 404 g/mol. The smallest absolute Gasteiger partial charge is 0.255 e. The van der Waals surface area contributed by atoms with Gasteiger partial charge in [0.1, 0.15) is 12.4 Å². The zero-order valence-electron chi connectivity index (χ0n) is 18.0. The van der Waals surface area contributed by atoms with Gasteiger partial charge in [0, 0.05) is 29.1 Å². The van der Waals surface area contributed by atoms with Gasteiger partial charge in [0.2, 0.25) is 0 Å². The number of hydrogen-bond donors (Lipinski definition) is 2. The number of benzene rings is 3. The van der Waals surface area contributed by atoms with Crippen LogP contribution in [-0.4, -0.2) is 31.1 Å². The van der Waals surface area contributed by atoms with Crippen LogP contribution in [0.2, 0.25) is 0 Å². The van der Waals surface area contributed by atoms with Crippen LogP contribution < -0.4 is 15.4 Å². The predicted octanol–water partition coefficient (Wildman–Crippen LogP) is 5.06. The number of rotatable bonds is 7. The molecular formula is C26H26N2O4. The Morgan fingerprint density at radius 3 is 2.19 bits per heavy atom. The van der Waals surface area contributed by atoms with Crippen molar-refractivity contribution < 1.29 is 19.1 Å². The van der Waals surface area contributed by atoms with Gasteiger partial charge in [0.05, 0.1) is 6.10 Å². The topological polar surface area (TPSA) is 76.7 Å². The summed E-state index contributed by atoms with van der Waals surface area (Å²) in [4.78, 5) is 25.0. The van der Waals surface area contributed by atoms with Gasteiger partial charge in [-0.3, -0.25) is 9.59 Å². The average Bonchev–Trinajstić information content (AvgIpc) is 3.33. The summed E-state index contributed by atoms with van der Waals surface area (Å²) in [5.41, 5.74) is 3.38. The molecule has 6 heteroatoms. The van der Waals surface area contributed by atoms with Crippen molar-refractivity contribution in [3.8, 4) is 5.75 Å². The highest BCUT2D eigenvalue weighted by molar-refractivity contribution is 6.06. The van der Waals surface area contributed by atoms with Gasteiger partial charge in [-0.15, -0.1) is 0 Å². The highest BCUT2D eigenvalue weighted by Gasteiger charge is 2.16. The summed E-state index contributed by atoms with van der Waals surface area (Å²) in [6.07, 6.45) is 2.25.